The van der Waals surface area contributed by atoms with Crippen LogP contribution in [0.5, 0.6) is 5.75 Å². The van der Waals surface area contributed by atoms with Gasteiger partial charge in [-0.2, -0.15) is 0 Å². The van der Waals surface area contributed by atoms with Crippen molar-refractivity contribution in [2.24, 2.45) is 0 Å². The molecule has 0 aliphatic heterocycles. The van der Waals surface area contributed by atoms with Crippen LogP contribution < -0.4 is 4.74 Å². The molecule has 2 aromatic rings. The summed E-state index contributed by atoms with van der Waals surface area (Å²) in [6, 6.07) is 14.4. The smallest absolute Gasteiger partial charge is 0.122 e. The zero-order chi connectivity index (χ0) is 15.4. The van der Waals surface area contributed by atoms with Crippen molar-refractivity contribution in [3.63, 3.8) is 0 Å². The van der Waals surface area contributed by atoms with Crippen LogP contribution in [-0.2, 0) is 6.61 Å². The molecular weight excluding hydrogens is 260 g/mol. The van der Waals surface area contributed by atoms with E-state index in [2.05, 4.69) is 38.1 Å². The van der Waals surface area contributed by atoms with Gasteiger partial charge in [0.25, 0.3) is 0 Å². The van der Waals surface area contributed by atoms with Gasteiger partial charge in [0.2, 0.25) is 0 Å². The molecule has 21 heavy (non-hydrogen) atoms. The van der Waals surface area contributed by atoms with E-state index < -0.39 is 6.10 Å². The molecule has 2 heteroatoms. The Bertz CT molecular complexity index is 583. The Morgan fingerprint density at radius 1 is 0.952 bits per heavy atom. The molecule has 2 aromatic carbocycles. The van der Waals surface area contributed by atoms with Crippen LogP contribution in [0.25, 0.3) is 0 Å². The lowest BCUT2D eigenvalue weighted by Crippen LogP contribution is -1.99. The molecule has 2 nitrogen and oxygen atoms in total. The third-order valence-electron chi connectivity index (χ3n) is 3.72. The third-order valence-corrected chi connectivity index (χ3v) is 3.72. The molecule has 0 aromatic heterocycles. The van der Waals surface area contributed by atoms with E-state index in [0.29, 0.717) is 12.5 Å². The average Bonchev–Trinajstić information content (AvgIpc) is 2.46. The predicted octanol–water partition coefficient (Wildman–Crippen LogP) is 4.75. The number of aliphatic hydroxyl groups is 1. The van der Waals surface area contributed by atoms with Crippen molar-refractivity contribution in [1.29, 1.82) is 0 Å². The van der Waals surface area contributed by atoms with Crippen molar-refractivity contribution in [2.45, 2.75) is 46.3 Å². The number of benzene rings is 2. The number of hydrogen-bond acceptors (Lipinski definition) is 2. The number of aryl methyl sites for hydroxylation is 1. The Hall–Kier alpha value is -1.80. The number of aliphatic hydroxyl groups excluding tert-OH is 1. The van der Waals surface area contributed by atoms with Crippen LogP contribution in [0.4, 0.5) is 0 Å². The first-order valence-electron chi connectivity index (χ1n) is 7.47. The summed E-state index contributed by atoms with van der Waals surface area (Å²) in [7, 11) is 0. The van der Waals surface area contributed by atoms with Gasteiger partial charge in [-0.1, -0.05) is 44.2 Å². The van der Waals surface area contributed by atoms with E-state index in [4.69, 9.17) is 4.74 Å². The molecule has 0 unspecified atom stereocenters. The second-order valence-electron chi connectivity index (χ2n) is 5.89. The molecule has 2 rings (SSSR count). The Morgan fingerprint density at radius 3 is 2.10 bits per heavy atom. The monoisotopic (exact) mass is 284 g/mol. The SMILES string of the molecule is Cc1cc([C@H](C)O)ccc1OCc1ccc(C(C)C)cc1. The summed E-state index contributed by atoms with van der Waals surface area (Å²) in [5.41, 5.74) is 4.47. The number of ether oxygens (including phenoxy) is 1. The van der Waals surface area contributed by atoms with Crippen LogP contribution in [0, 0.1) is 6.92 Å². The van der Waals surface area contributed by atoms with Crippen molar-refractivity contribution < 1.29 is 9.84 Å². The fourth-order valence-electron chi connectivity index (χ4n) is 2.25. The van der Waals surface area contributed by atoms with Gasteiger partial charge in [0, 0.05) is 0 Å². The van der Waals surface area contributed by atoms with Gasteiger partial charge < -0.3 is 9.84 Å². The maximum atomic E-state index is 9.58. The fraction of sp³-hybridized carbons (Fsp3) is 0.368. The molecule has 0 radical (unpaired) electrons. The Kier molecular flexibility index (Phi) is 5.03. The van der Waals surface area contributed by atoms with Gasteiger partial charge in [-0.3, -0.25) is 0 Å². The lowest BCUT2D eigenvalue weighted by Gasteiger charge is -2.12. The first-order valence-corrected chi connectivity index (χ1v) is 7.47. The van der Waals surface area contributed by atoms with Crippen LogP contribution in [0.1, 0.15) is 55.0 Å². The topological polar surface area (TPSA) is 29.5 Å². The minimum absolute atomic E-state index is 0.443. The Balaban J connectivity index is 2.02. The van der Waals surface area contributed by atoms with Crippen LogP contribution in [-0.4, -0.2) is 5.11 Å². The van der Waals surface area contributed by atoms with Crippen molar-refractivity contribution in [3.05, 3.63) is 64.7 Å². The molecule has 0 heterocycles. The number of hydrogen-bond donors (Lipinski definition) is 1. The summed E-state index contributed by atoms with van der Waals surface area (Å²) in [4.78, 5) is 0. The van der Waals surface area contributed by atoms with E-state index in [-0.39, 0.29) is 0 Å². The average molecular weight is 284 g/mol. The van der Waals surface area contributed by atoms with E-state index in [1.54, 1.807) is 6.92 Å². The highest BCUT2D eigenvalue weighted by atomic mass is 16.5. The lowest BCUT2D eigenvalue weighted by molar-refractivity contribution is 0.199. The fourth-order valence-corrected chi connectivity index (χ4v) is 2.25. The van der Waals surface area contributed by atoms with Gasteiger partial charge >= 0.3 is 0 Å². The summed E-state index contributed by atoms with van der Waals surface area (Å²) in [6.45, 7) is 8.72. The van der Waals surface area contributed by atoms with Crippen molar-refractivity contribution in [1.82, 2.24) is 0 Å². The quantitative estimate of drug-likeness (QED) is 0.858. The molecular formula is C19H24O2. The summed E-state index contributed by atoms with van der Waals surface area (Å²) in [5.74, 6) is 1.42. The second kappa shape index (κ2) is 6.77. The predicted molar refractivity (Wildman–Crippen MR) is 86.7 cm³/mol. The highest BCUT2D eigenvalue weighted by molar-refractivity contribution is 5.37. The van der Waals surface area contributed by atoms with Crippen molar-refractivity contribution in [2.75, 3.05) is 0 Å². The third kappa shape index (κ3) is 4.08. The first kappa shape index (κ1) is 15.6. The van der Waals surface area contributed by atoms with Crippen LogP contribution in [0.15, 0.2) is 42.5 Å². The standard InChI is InChI=1S/C19H24O2/c1-13(2)17-7-5-16(6-8-17)12-21-19-10-9-18(15(4)20)11-14(19)3/h5-11,13,15,20H,12H2,1-4H3/t15-/m0/s1. The maximum Gasteiger partial charge on any atom is 0.122 e. The van der Waals surface area contributed by atoms with Gasteiger partial charge in [0.05, 0.1) is 6.10 Å². The summed E-state index contributed by atoms with van der Waals surface area (Å²) >= 11 is 0. The van der Waals surface area contributed by atoms with Gasteiger partial charge in [-0.25, -0.2) is 0 Å². The van der Waals surface area contributed by atoms with E-state index in [9.17, 15) is 5.11 Å². The second-order valence-corrected chi connectivity index (χ2v) is 5.89. The Morgan fingerprint density at radius 2 is 1.57 bits per heavy atom. The van der Waals surface area contributed by atoms with E-state index >= 15 is 0 Å². The van der Waals surface area contributed by atoms with E-state index in [1.165, 1.54) is 11.1 Å². The molecule has 0 saturated carbocycles. The number of rotatable bonds is 5. The lowest BCUT2D eigenvalue weighted by atomic mass is 10.0. The van der Waals surface area contributed by atoms with Crippen LogP contribution in [0.3, 0.4) is 0 Å². The van der Waals surface area contributed by atoms with Crippen LogP contribution >= 0.6 is 0 Å². The van der Waals surface area contributed by atoms with E-state index in [0.717, 1.165) is 16.9 Å². The molecule has 0 spiro atoms. The highest BCUT2D eigenvalue weighted by Gasteiger charge is 2.06. The van der Waals surface area contributed by atoms with Gasteiger partial charge in [0.15, 0.2) is 0 Å². The first-order chi connectivity index (χ1) is 9.97. The minimum atomic E-state index is -0.443. The van der Waals surface area contributed by atoms with Gasteiger partial charge in [-0.05, 0) is 54.2 Å². The van der Waals surface area contributed by atoms with Crippen LogP contribution in [0.2, 0.25) is 0 Å². The van der Waals surface area contributed by atoms with Gasteiger partial charge in [0.1, 0.15) is 12.4 Å². The van der Waals surface area contributed by atoms with Crippen molar-refractivity contribution >= 4 is 0 Å². The zero-order valence-corrected chi connectivity index (χ0v) is 13.3. The molecule has 1 atom stereocenters. The molecule has 0 fully saturated rings. The molecule has 0 saturated heterocycles. The van der Waals surface area contributed by atoms with Gasteiger partial charge in [-0.15, -0.1) is 0 Å². The maximum absolute atomic E-state index is 9.58. The summed E-state index contributed by atoms with van der Waals surface area (Å²) in [6.07, 6.45) is -0.443. The molecule has 0 bridgehead atoms. The molecule has 0 aliphatic rings. The Labute approximate surface area is 127 Å². The summed E-state index contributed by atoms with van der Waals surface area (Å²) < 4.78 is 5.88. The largest absolute Gasteiger partial charge is 0.489 e. The minimum Gasteiger partial charge on any atom is -0.489 e. The summed E-state index contributed by atoms with van der Waals surface area (Å²) in [5, 5.41) is 9.58. The highest BCUT2D eigenvalue weighted by Crippen LogP contribution is 2.24. The zero-order valence-electron chi connectivity index (χ0n) is 13.3. The molecule has 0 amide bonds. The normalized spacial score (nSPS) is 12.5. The molecule has 112 valence electrons. The van der Waals surface area contributed by atoms with Crippen molar-refractivity contribution in [3.8, 4) is 5.75 Å². The van der Waals surface area contributed by atoms with E-state index in [1.807, 2.05) is 25.1 Å². The molecule has 0 aliphatic carbocycles. The molecule has 1 N–H and O–H groups in total.